The lowest BCUT2D eigenvalue weighted by Crippen LogP contribution is -2.25. The lowest BCUT2D eigenvalue weighted by atomic mass is 10.3. The maximum absolute atomic E-state index is 11.6. The predicted octanol–water partition coefficient (Wildman–Crippen LogP) is 1.02. The molecule has 0 atom stereocenters. The number of esters is 1. The van der Waals surface area contributed by atoms with E-state index in [1.807, 2.05) is 0 Å². The molecule has 0 saturated carbocycles. The molecule has 1 aliphatic heterocycles. The normalized spacial score (nSPS) is 13.8. The number of halogens is 1. The summed E-state index contributed by atoms with van der Waals surface area (Å²) in [5, 5.41) is 0.813. The van der Waals surface area contributed by atoms with Crippen LogP contribution in [-0.2, 0) is 9.53 Å². The van der Waals surface area contributed by atoms with Crippen LogP contribution in [0.1, 0.15) is 23.0 Å². The molecule has 4 nitrogen and oxygen atoms in total. The molecule has 1 aliphatic rings. The topological polar surface area (TPSA) is 55.7 Å². The van der Waals surface area contributed by atoms with E-state index in [1.165, 1.54) is 11.3 Å². The maximum atomic E-state index is 11.6. The Balaban J connectivity index is 2.56. The molecule has 1 aromatic rings. The van der Waals surface area contributed by atoms with Gasteiger partial charge in [-0.1, -0.05) is 6.08 Å². The van der Waals surface area contributed by atoms with Crippen molar-refractivity contribution in [3.8, 4) is 0 Å². The van der Waals surface area contributed by atoms with Crippen molar-refractivity contribution in [1.82, 2.24) is 0 Å². The van der Waals surface area contributed by atoms with Crippen LogP contribution in [-0.4, -0.2) is 18.5 Å². The van der Waals surface area contributed by atoms with Crippen molar-refractivity contribution in [2.75, 3.05) is 6.61 Å². The Hall–Kier alpha value is -1.01. The molecule has 1 aromatic heterocycles. The van der Waals surface area contributed by atoms with E-state index in [4.69, 9.17) is 4.74 Å². The molecule has 0 radical (unpaired) electrons. The standard InChI is InChI=1S/C10H8BrNO3S/c1-2-15-10(14)8-7(11)5-3-4-6(13)12-9(5)16-8/h3H,2,4H2,1H3. The fraction of sp³-hybridized carbons (Fsp3) is 0.300. The third-order valence-corrected chi connectivity index (χ3v) is 4.20. The Kier molecular flexibility index (Phi) is 3.20. The second-order valence-electron chi connectivity index (χ2n) is 3.10. The number of thiophene rings is 1. The van der Waals surface area contributed by atoms with Crippen molar-refractivity contribution >= 4 is 45.2 Å². The summed E-state index contributed by atoms with van der Waals surface area (Å²) in [7, 11) is 0. The van der Waals surface area contributed by atoms with E-state index in [0.717, 1.165) is 5.22 Å². The zero-order valence-electron chi connectivity index (χ0n) is 8.45. The van der Waals surface area contributed by atoms with Crippen LogP contribution in [0, 0.1) is 0 Å². The Bertz CT molecular complexity index is 576. The fourth-order valence-corrected chi connectivity index (χ4v) is 3.21. The summed E-state index contributed by atoms with van der Waals surface area (Å²) in [5.74, 6) is -0.568. The second-order valence-corrected chi connectivity index (χ2v) is 4.89. The molecule has 0 aliphatic carbocycles. The Morgan fingerprint density at radius 2 is 2.44 bits per heavy atom. The van der Waals surface area contributed by atoms with Crippen molar-refractivity contribution in [2.45, 2.75) is 13.3 Å². The number of ether oxygens (including phenoxy) is 1. The van der Waals surface area contributed by atoms with Crippen LogP contribution < -0.4 is 9.89 Å². The summed E-state index contributed by atoms with van der Waals surface area (Å²) in [4.78, 5) is 27.0. The van der Waals surface area contributed by atoms with Gasteiger partial charge in [0, 0.05) is 11.6 Å². The molecular weight excluding hydrogens is 294 g/mol. The number of rotatable bonds is 2. The second kappa shape index (κ2) is 4.47. The molecule has 2 rings (SSSR count). The Morgan fingerprint density at radius 3 is 3.12 bits per heavy atom. The van der Waals surface area contributed by atoms with Gasteiger partial charge in [-0.2, -0.15) is 0 Å². The number of carbonyl (C=O) groups excluding carboxylic acids is 2. The van der Waals surface area contributed by atoms with E-state index >= 15 is 0 Å². The van der Waals surface area contributed by atoms with Gasteiger partial charge in [0.15, 0.2) is 0 Å². The first-order valence-corrected chi connectivity index (χ1v) is 6.31. The van der Waals surface area contributed by atoms with Crippen LogP contribution in [0.3, 0.4) is 0 Å². The third kappa shape index (κ3) is 1.94. The molecule has 0 saturated heterocycles. The quantitative estimate of drug-likeness (QED) is 0.766. The average Bonchev–Trinajstić information content (AvgIpc) is 2.56. The highest BCUT2D eigenvalue weighted by atomic mass is 79.9. The summed E-state index contributed by atoms with van der Waals surface area (Å²) in [6, 6.07) is 0. The van der Waals surface area contributed by atoms with Gasteiger partial charge in [0.05, 0.1) is 11.1 Å². The highest BCUT2D eigenvalue weighted by molar-refractivity contribution is 9.10. The van der Waals surface area contributed by atoms with Crippen molar-refractivity contribution in [3.63, 3.8) is 0 Å². The molecule has 84 valence electrons. The molecule has 2 heterocycles. The van der Waals surface area contributed by atoms with E-state index < -0.39 is 0 Å². The fourth-order valence-electron chi connectivity index (χ4n) is 1.35. The van der Waals surface area contributed by atoms with E-state index in [2.05, 4.69) is 20.9 Å². The molecule has 0 fully saturated rings. The monoisotopic (exact) mass is 301 g/mol. The first kappa shape index (κ1) is 11.5. The van der Waals surface area contributed by atoms with E-state index in [-0.39, 0.29) is 18.3 Å². The van der Waals surface area contributed by atoms with Gasteiger partial charge in [-0.15, -0.1) is 11.3 Å². The van der Waals surface area contributed by atoms with Crippen molar-refractivity contribution in [3.05, 3.63) is 19.2 Å². The average molecular weight is 302 g/mol. The van der Waals surface area contributed by atoms with Gasteiger partial charge < -0.3 is 4.74 Å². The largest absolute Gasteiger partial charge is 0.462 e. The highest BCUT2D eigenvalue weighted by Crippen LogP contribution is 2.17. The van der Waals surface area contributed by atoms with Crippen molar-refractivity contribution in [2.24, 2.45) is 4.99 Å². The zero-order valence-corrected chi connectivity index (χ0v) is 10.9. The Morgan fingerprint density at radius 1 is 1.69 bits per heavy atom. The predicted molar refractivity (Wildman–Crippen MR) is 62.8 cm³/mol. The SMILES string of the molecule is CCOC(=O)c1sc2c(c1Br)=CCC(=O)N=2. The number of fused-ring (bicyclic) bond motifs is 1. The zero-order chi connectivity index (χ0) is 11.7. The van der Waals surface area contributed by atoms with Crippen LogP contribution in [0.15, 0.2) is 9.47 Å². The smallest absolute Gasteiger partial charge is 0.349 e. The summed E-state index contributed by atoms with van der Waals surface area (Å²) in [5.41, 5.74) is 0. The van der Waals surface area contributed by atoms with Gasteiger partial charge in [-0.25, -0.2) is 9.79 Å². The first-order valence-electron chi connectivity index (χ1n) is 4.70. The molecule has 1 amide bonds. The van der Waals surface area contributed by atoms with Crippen LogP contribution >= 0.6 is 27.3 Å². The lowest BCUT2D eigenvalue weighted by molar-refractivity contribution is -0.117. The summed E-state index contributed by atoms with van der Waals surface area (Å²) >= 11 is 4.51. The molecule has 0 bridgehead atoms. The van der Waals surface area contributed by atoms with Crippen LogP contribution in [0.5, 0.6) is 0 Å². The van der Waals surface area contributed by atoms with Gasteiger partial charge >= 0.3 is 5.97 Å². The maximum Gasteiger partial charge on any atom is 0.349 e. The molecule has 16 heavy (non-hydrogen) atoms. The minimum Gasteiger partial charge on any atom is -0.462 e. The van der Waals surface area contributed by atoms with Crippen LogP contribution in [0.4, 0.5) is 0 Å². The molecule has 6 heteroatoms. The molecular formula is C10H8BrNO3S. The van der Waals surface area contributed by atoms with Gasteiger partial charge in [0.25, 0.3) is 5.91 Å². The molecule has 0 N–H and O–H groups in total. The van der Waals surface area contributed by atoms with Gasteiger partial charge in [0.1, 0.15) is 9.55 Å². The minimum atomic E-state index is -0.384. The van der Waals surface area contributed by atoms with Crippen molar-refractivity contribution < 1.29 is 14.3 Å². The number of hydrogen-bond donors (Lipinski definition) is 0. The van der Waals surface area contributed by atoms with Gasteiger partial charge in [-0.3, -0.25) is 4.79 Å². The third-order valence-electron chi connectivity index (χ3n) is 2.03. The summed E-state index contributed by atoms with van der Waals surface area (Å²) in [6.07, 6.45) is 2.05. The number of amides is 1. The molecule has 0 spiro atoms. The highest BCUT2D eigenvalue weighted by Gasteiger charge is 2.18. The van der Waals surface area contributed by atoms with E-state index in [0.29, 0.717) is 20.6 Å². The van der Waals surface area contributed by atoms with E-state index in [1.54, 1.807) is 13.0 Å². The number of nitrogens with zero attached hydrogens (tertiary/aromatic N) is 1. The van der Waals surface area contributed by atoms with Crippen molar-refractivity contribution in [1.29, 1.82) is 0 Å². The van der Waals surface area contributed by atoms with Crippen LogP contribution in [0.25, 0.3) is 6.08 Å². The van der Waals surface area contributed by atoms with Gasteiger partial charge in [-0.05, 0) is 22.9 Å². The Labute approximate surface area is 104 Å². The molecule has 0 unspecified atom stereocenters. The van der Waals surface area contributed by atoms with E-state index in [9.17, 15) is 9.59 Å². The summed E-state index contributed by atoms with van der Waals surface area (Å²) in [6.45, 7) is 2.08. The summed E-state index contributed by atoms with van der Waals surface area (Å²) < 4.78 is 6.16. The lowest BCUT2D eigenvalue weighted by Gasteiger charge is -1.97. The molecule has 0 aromatic carbocycles. The minimum absolute atomic E-state index is 0.184. The van der Waals surface area contributed by atoms with Gasteiger partial charge in [0.2, 0.25) is 0 Å². The number of carbonyl (C=O) groups is 2. The first-order chi connectivity index (χ1) is 7.63. The number of hydrogen-bond acceptors (Lipinski definition) is 4. The van der Waals surface area contributed by atoms with Crippen LogP contribution in [0.2, 0.25) is 0 Å².